The Morgan fingerprint density at radius 1 is 1.22 bits per heavy atom. The highest BCUT2D eigenvalue weighted by Gasteiger charge is 2.65. The van der Waals surface area contributed by atoms with E-state index in [1.54, 1.807) is 13.0 Å². The summed E-state index contributed by atoms with van der Waals surface area (Å²) in [4.78, 5) is 24.4. The molecule has 8 atom stereocenters. The van der Waals surface area contributed by atoms with Crippen molar-refractivity contribution in [3.05, 3.63) is 11.6 Å². The molecule has 0 radical (unpaired) electrons. The van der Waals surface area contributed by atoms with Crippen molar-refractivity contribution < 1.29 is 19.8 Å². The number of allylic oxidation sites excluding steroid dienone is 1. The number of hydrogen-bond donors (Lipinski definition) is 3. The van der Waals surface area contributed by atoms with Gasteiger partial charge < -0.3 is 10.2 Å². The molecule has 0 saturated heterocycles. The van der Waals surface area contributed by atoms with Crippen molar-refractivity contribution in [2.24, 2.45) is 34.5 Å². The molecule has 0 bridgehead atoms. The summed E-state index contributed by atoms with van der Waals surface area (Å²) < 4.78 is -0.867. The summed E-state index contributed by atoms with van der Waals surface area (Å²) in [6.07, 6.45) is 7.54. The molecular formula is C22H32O4S. The van der Waals surface area contributed by atoms with Crippen molar-refractivity contribution in [3.63, 3.8) is 0 Å². The molecule has 4 aliphatic carbocycles. The lowest BCUT2D eigenvalue weighted by molar-refractivity contribution is -0.146. The fraction of sp³-hybridized carbons (Fsp3) is 0.818. The van der Waals surface area contributed by atoms with Crippen LogP contribution in [0.25, 0.3) is 0 Å². The van der Waals surface area contributed by atoms with E-state index in [4.69, 9.17) is 12.6 Å². The predicted octanol–water partition coefficient (Wildman–Crippen LogP) is 3.88. The number of rotatable bonds is 2. The molecule has 0 aromatic rings. The zero-order valence-electron chi connectivity index (χ0n) is 16.6. The Morgan fingerprint density at radius 2 is 1.93 bits per heavy atom. The third-order valence-electron chi connectivity index (χ3n) is 9.31. The standard InChI is InChI=1S/C22H32O4S/c1-12(19(25)26)22(27)11-14(23)10-13-4-5-15-16-6-7-18(24)20(16,2)9-8-17(15)21(13,22)3/h10,12,15-18,24,27H,4-9,11H2,1-3H3,(H,25,26)/t12?,15-,16-,17-,18-,20-,21-,22?/m0/s1. The average Bonchev–Trinajstić information content (AvgIpc) is 2.90. The molecule has 150 valence electrons. The topological polar surface area (TPSA) is 74.6 Å². The minimum atomic E-state index is -0.876. The van der Waals surface area contributed by atoms with Gasteiger partial charge in [0.1, 0.15) is 0 Å². The van der Waals surface area contributed by atoms with Crippen LogP contribution in [-0.4, -0.2) is 32.8 Å². The summed E-state index contributed by atoms with van der Waals surface area (Å²) in [5.41, 5.74) is 0.714. The fourth-order valence-corrected chi connectivity index (χ4v) is 8.10. The number of aliphatic hydroxyl groups excluding tert-OH is 1. The van der Waals surface area contributed by atoms with Gasteiger partial charge in [0, 0.05) is 16.6 Å². The second-order valence-corrected chi connectivity index (χ2v) is 10.9. The quantitative estimate of drug-likeness (QED) is 0.624. The van der Waals surface area contributed by atoms with E-state index in [0.717, 1.165) is 44.1 Å². The number of carbonyl (C=O) groups is 2. The van der Waals surface area contributed by atoms with E-state index in [2.05, 4.69) is 13.8 Å². The maximum Gasteiger partial charge on any atom is 0.307 e. The van der Waals surface area contributed by atoms with Gasteiger partial charge in [0.15, 0.2) is 5.78 Å². The highest BCUT2D eigenvalue weighted by Crippen LogP contribution is 2.69. The third-order valence-corrected chi connectivity index (χ3v) is 10.3. The number of hydrogen-bond acceptors (Lipinski definition) is 4. The number of aliphatic carboxylic acids is 1. The van der Waals surface area contributed by atoms with Gasteiger partial charge in [-0.3, -0.25) is 9.59 Å². The van der Waals surface area contributed by atoms with Crippen LogP contribution >= 0.6 is 12.6 Å². The molecule has 0 aromatic heterocycles. The summed E-state index contributed by atoms with van der Waals surface area (Å²) >= 11 is 5.01. The number of aliphatic hydroxyl groups is 1. The number of carboxylic acids is 1. The van der Waals surface area contributed by atoms with Crippen molar-refractivity contribution >= 4 is 24.4 Å². The van der Waals surface area contributed by atoms with E-state index in [1.165, 1.54) is 0 Å². The largest absolute Gasteiger partial charge is 0.481 e. The molecule has 5 heteroatoms. The summed E-state index contributed by atoms with van der Waals surface area (Å²) in [7, 11) is 0. The maximum absolute atomic E-state index is 12.5. The lowest BCUT2D eigenvalue weighted by atomic mass is 9.43. The minimum Gasteiger partial charge on any atom is -0.481 e. The van der Waals surface area contributed by atoms with Crippen molar-refractivity contribution in [1.82, 2.24) is 0 Å². The van der Waals surface area contributed by atoms with E-state index in [1.807, 2.05) is 0 Å². The fourth-order valence-electron chi connectivity index (χ4n) is 7.52. The molecule has 4 aliphatic rings. The van der Waals surface area contributed by atoms with Crippen molar-refractivity contribution in [3.8, 4) is 0 Å². The van der Waals surface area contributed by atoms with Crippen molar-refractivity contribution in [2.45, 2.75) is 76.6 Å². The van der Waals surface area contributed by atoms with Gasteiger partial charge in [0.05, 0.1) is 12.0 Å². The van der Waals surface area contributed by atoms with Crippen molar-refractivity contribution in [2.75, 3.05) is 0 Å². The molecular weight excluding hydrogens is 360 g/mol. The third kappa shape index (κ3) is 2.40. The van der Waals surface area contributed by atoms with Crippen LogP contribution in [0.4, 0.5) is 0 Å². The van der Waals surface area contributed by atoms with Gasteiger partial charge in [-0.1, -0.05) is 26.3 Å². The monoisotopic (exact) mass is 392 g/mol. The first-order chi connectivity index (χ1) is 12.6. The Balaban J connectivity index is 1.80. The summed E-state index contributed by atoms with van der Waals surface area (Å²) in [5, 5.41) is 20.4. The highest BCUT2D eigenvalue weighted by atomic mass is 32.1. The number of ketones is 1. The minimum absolute atomic E-state index is 0.0130. The zero-order chi connectivity index (χ0) is 19.8. The van der Waals surface area contributed by atoms with Gasteiger partial charge in [-0.2, -0.15) is 12.6 Å². The lowest BCUT2D eigenvalue weighted by Gasteiger charge is -2.63. The molecule has 4 nitrogen and oxygen atoms in total. The second kappa shape index (κ2) is 6.09. The van der Waals surface area contributed by atoms with Crippen LogP contribution in [0.2, 0.25) is 0 Å². The molecule has 3 fully saturated rings. The highest BCUT2D eigenvalue weighted by molar-refractivity contribution is 7.82. The Morgan fingerprint density at radius 3 is 2.59 bits per heavy atom. The first kappa shape index (κ1) is 19.5. The normalized spacial score (nSPS) is 50.3. The van der Waals surface area contributed by atoms with Gasteiger partial charge in [0.2, 0.25) is 0 Å². The summed E-state index contributed by atoms with van der Waals surface area (Å²) in [6.45, 7) is 6.15. The van der Waals surface area contributed by atoms with Gasteiger partial charge in [-0.15, -0.1) is 0 Å². The zero-order valence-corrected chi connectivity index (χ0v) is 17.5. The van der Waals surface area contributed by atoms with Gasteiger partial charge >= 0.3 is 5.97 Å². The second-order valence-electron chi connectivity index (χ2n) is 10.1. The van der Waals surface area contributed by atoms with Gasteiger partial charge in [-0.25, -0.2) is 0 Å². The number of carboxylic acid groups (broad SMARTS) is 1. The van der Waals surface area contributed by atoms with Crippen LogP contribution in [0.5, 0.6) is 0 Å². The van der Waals surface area contributed by atoms with Crippen molar-refractivity contribution in [1.29, 1.82) is 0 Å². The molecule has 2 N–H and O–H groups in total. The van der Waals surface area contributed by atoms with Crippen LogP contribution < -0.4 is 0 Å². The Hall–Kier alpha value is -0.810. The number of thiol groups is 1. The molecule has 2 unspecified atom stereocenters. The van der Waals surface area contributed by atoms with Gasteiger partial charge in [0.25, 0.3) is 0 Å². The molecule has 0 aromatic carbocycles. The first-order valence-electron chi connectivity index (χ1n) is 10.4. The van der Waals surface area contributed by atoms with Crippen LogP contribution in [0.1, 0.15) is 65.7 Å². The van der Waals surface area contributed by atoms with E-state index < -0.39 is 16.6 Å². The van der Waals surface area contributed by atoms with E-state index in [9.17, 15) is 19.8 Å². The van der Waals surface area contributed by atoms with E-state index in [0.29, 0.717) is 17.8 Å². The molecule has 0 heterocycles. The Bertz CT molecular complexity index is 717. The smallest absolute Gasteiger partial charge is 0.307 e. The predicted molar refractivity (Wildman–Crippen MR) is 107 cm³/mol. The van der Waals surface area contributed by atoms with Gasteiger partial charge in [-0.05, 0) is 67.8 Å². The SMILES string of the molecule is CC(C(=O)O)C1(S)CC(=O)C=C2CC[C@H]3[C@@H]4CC[C@H](O)[C@@]4(C)CC[C@@H]3[C@]21C. The Labute approximate surface area is 167 Å². The molecule has 27 heavy (non-hydrogen) atoms. The van der Waals surface area contributed by atoms with Crippen LogP contribution in [0, 0.1) is 34.5 Å². The number of fused-ring (bicyclic) bond motifs is 5. The van der Waals surface area contributed by atoms with Crippen LogP contribution in [0.15, 0.2) is 11.6 Å². The molecule has 0 aliphatic heterocycles. The van der Waals surface area contributed by atoms with E-state index in [-0.39, 0.29) is 29.1 Å². The molecule has 3 saturated carbocycles. The molecule has 4 rings (SSSR count). The number of carbonyl (C=O) groups excluding carboxylic acids is 1. The molecule has 0 amide bonds. The van der Waals surface area contributed by atoms with Crippen LogP contribution in [0.3, 0.4) is 0 Å². The maximum atomic E-state index is 12.5. The average molecular weight is 393 g/mol. The lowest BCUT2D eigenvalue weighted by Crippen LogP contribution is -2.62. The van der Waals surface area contributed by atoms with E-state index >= 15 is 0 Å². The summed E-state index contributed by atoms with van der Waals surface area (Å²) in [5.74, 6) is -0.267. The summed E-state index contributed by atoms with van der Waals surface area (Å²) in [6, 6.07) is 0. The van der Waals surface area contributed by atoms with Crippen LogP contribution in [-0.2, 0) is 9.59 Å². The molecule has 0 spiro atoms. The first-order valence-corrected chi connectivity index (χ1v) is 10.9. The Kier molecular flexibility index (Phi) is 4.40.